The lowest BCUT2D eigenvalue weighted by molar-refractivity contribution is -0.120. The van der Waals surface area contributed by atoms with Gasteiger partial charge in [0.05, 0.1) is 17.5 Å². The van der Waals surface area contributed by atoms with Crippen molar-refractivity contribution in [2.45, 2.75) is 19.9 Å². The topological polar surface area (TPSA) is 46.9 Å². The smallest absolute Gasteiger partial charge is 0.224 e. The van der Waals surface area contributed by atoms with Gasteiger partial charge in [-0.05, 0) is 35.7 Å². The number of benzene rings is 3. The van der Waals surface area contributed by atoms with E-state index in [4.69, 9.17) is 0 Å². The van der Waals surface area contributed by atoms with Crippen molar-refractivity contribution >= 4 is 16.9 Å². The number of carbonyl (C=O) groups excluding carboxylic acids is 1. The predicted molar refractivity (Wildman–Crippen MR) is 113 cm³/mol. The number of hydrogen-bond donors (Lipinski definition) is 1. The molecular weight excluding hydrogens is 346 g/mol. The van der Waals surface area contributed by atoms with Gasteiger partial charge < -0.3 is 9.88 Å². The lowest BCUT2D eigenvalue weighted by Crippen LogP contribution is -2.28. The molecule has 28 heavy (non-hydrogen) atoms. The van der Waals surface area contributed by atoms with Crippen LogP contribution in [0, 0.1) is 6.92 Å². The number of carbonyl (C=O) groups is 1. The van der Waals surface area contributed by atoms with Crippen molar-refractivity contribution < 1.29 is 4.79 Å². The van der Waals surface area contributed by atoms with Crippen molar-refractivity contribution in [2.75, 3.05) is 6.54 Å². The number of hydrogen-bond acceptors (Lipinski definition) is 2. The first kappa shape index (κ1) is 18.0. The monoisotopic (exact) mass is 369 g/mol. The van der Waals surface area contributed by atoms with Crippen molar-refractivity contribution in [2.24, 2.45) is 0 Å². The molecule has 0 bridgehead atoms. The molecule has 0 fully saturated rings. The molecule has 1 N–H and O–H groups in total. The molecule has 4 rings (SSSR count). The molecule has 4 nitrogen and oxygen atoms in total. The summed E-state index contributed by atoms with van der Waals surface area (Å²) in [4.78, 5) is 16.9. The largest absolute Gasteiger partial charge is 0.354 e. The minimum atomic E-state index is 0.0366. The summed E-state index contributed by atoms with van der Waals surface area (Å²) >= 11 is 0. The number of aryl methyl sites for hydroxylation is 1. The van der Waals surface area contributed by atoms with Crippen LogP contribution < -0.4 is 5.32 Å². The van der Waals surface area contributed by atoms with Gasteiger partial charge in [0.2, 0.25) is 5.91 Å². The van der Waals surface area contributed by atoms with Gasteiger partial charge in [-0.25, -0.2) is 4.98 Å². The fourth-order valence-electron chi connectivity index (χ4n) is 3.48. The number of nitrogens with one attached hydrogen (secondary N) is 1. The van der Waals surface area contributed by atoms with Crippen LogP contribution in [0.4, 0.5) is 0 Å². The fourth-order valence-corrected chi connectivity index (χ4v) is 3.48. The Morgan fingerprint density at radius 2 is 1.57 bits per heavy atom. The van der Waals surface area contributed by atoms with Crippen LogP contribution in [0.5, 0.6) is 0 Å². The molecule has 1 aromatic heterocycles. The van der Waals surface area contributed by atoms with Crippen LogP contribution in [0.3, 0.4) is 0 Å². The quantitative estimate of drug-likeness (QED) is 0.549. The number of amides is 1. The zero-order valence-corrected chi connectivity index (χ0v) is 15.9. The van der Waals surface area contributed by atoms with Crippen molar-refractivity contribution in [3.05, 3.63) is 90.3 Å². The van der Waals surface area contributed by atoms with Crippen molar-refractivity contribution in [1.29, 1.82) is 0 Å². The summed E-state index contributed by atoms with van der Waals surface area (Å²) in [5, 5.41) is 3.02. The van der Waals surface area contributed by atoms with Crippen LogP contribution in [0.25, 0.3) is 22.2 Å². The maximum absolute atomic E-state index is 12.3. The Morgan fingerprint density at radius 3 is 2.36 bits per heavy atom. The zero-order chi connectivity index (χ0) is 19.3. The molecule has 140 valence electrons. The Balaban J connectivity index is 1.33. The van der Waals surface area contributed by atoms with E-state index < -0.39 is 0 Å². The first-order valence-electron chi connectivity index (χ1n) is 9.53. The highest BCUT2D eigenvalue weighted by atomic mass is 16.1. The Kier molecular flexibility index (Phi) is 5.20. The van der Waals surface area contributed by atoms with Gasteiger partial charge in [0.25, 0.3) is 0 Å². The number of para-hydroxylation sites is 2. The summed E-state index contributed by atoms with van der Waals surface area (Å²) in [5.74, 6) is 1.00. The molecule has 0 aliphatic carbocycles. The van der Waals surface area contributed by atoms with E-state index in [1.807, 2.05) is 55.5 Å². The summed E-state index contributed by atoms with van der Waals surface area (Å²) in [6, 6.07) is 26.5. The van der Waals surface area contributed by atoms with Crippen LogP contribution in [0.2, 0.25) is 0 Å². The highest BCUT2D eigenvalue weighted by Gasteiger charge is 2.08. The van der Waals surface area contributed by atoms with Gasteiger partial charge in [-0.15, -0.1) is 0 Å². The molecule has 1 amide bonds. The number of rotatable bonds is 6. The Morgan fingerprint density at radius 1 is 0.893 bits per heavy atom. The summed E-state index contributed by atoms with van der Waals surface area (Å²) in [6.45, 7) is 3.29. The van der Waals surface area contributed by atoms with Gasteiger partial charge in [0.1, 0.15) is 5.82 Å². The molecule has 0 spiro atoms. The molecule has 0 unspecified atom stereocenters. The molecule has 0 aliphatic heterocycles. The summed E-state index contributed by atoms with van der Waals surface area (Å²) < 4.78 is 2.14. The fraction of sp³-hybridized carbons (Fsp3) is 0.167. The van der Waals surface area contributed by atoms with E-state index in [-0.39, 0.29) is 5.91 Å². The summed E-state index contributed by atoms with van der Waals surface area (Å²) in [6.07, 6.45) is 0.388. The van der Waals surface area contributed by atoms with Crippen molar-refractivity contribution in [3.8, 4) is 11.1 Å². The lowest BCUT2D eigenvalue weighted by Gasteiger charge is -2.09. The van der Waals surface area contributed by atoms with Gasteiger partial charge in [-0.1, -0.05) is 66.7 Å². The first-order chi connectivity index (χ1) is 13.7. The molecular formula is C24H23N3O. The third-order valence-electron chi connectivity index (χ3n) is 4.93. The van der Waals surface area contributed by atoms with E-state index in [9.17, 15) is 4.79 Å². The van der Waals surface area contributed by atoms with Gasteiger partial charge in [0, 0.05) is 13.1 Å². The molecule has 1 heterocycles. The second-order valence-corrected chi connectivity index (χ2v) is 6.89. The van der Waals surface area contributed by atoms with Gasteiger partial charge in [0.15, 0.2) is 0 Å². The van der Waals surface area contributed by atoms with E-state index >= 15 is 0 Å². The van der Waals surface area contributed by atoms with E-state index in [1.54, 1.807) is 0 Å². The second kappa shape index (κ2) is 8.09. The Hall–Kier alpha value is -3.40. The lowest BCUT2D eigenvalue weighted by atomic mass is 10.0. The number of aromatic nitrogens is 2. The number of imidazole rings is 1. The van der Waals surface area contributed by atoms with Gasteiger partial charge >= 0.3 is 0 Å². The minimum absolute atomic E-state index is 0.0366. The zero-order valence-electron chi connectivity index (χ0n) is 15.9. The van der Waals surface area contributed by atoms with Crippen LogP contribution in [-0.4, -0.2) is 22.0 Å². The summed E-state index contributed by atoms with van der Waals surface area (Å²) in [5.41, 5.74) is 5.45. The average molecular weight is 369 g/mol. The molecule has 4 aromatic rings. The molecule has 0 radical (unpaired) electrons. The maximum Gasteiger partial charge on any atom is 0.224 e. The van der Waals surface area contributed by atoms with E-state index in [0.29, 0.717) is 19.5 Å². The second-order valence-electron chi connectivity index (χ2n) is 6.89. The van der Waals surface area contributed by atoms with Crippen molar-refractivity contribution in [1.82, 2.24) is 14.9 Å². The van der Waals surface area contributed by atoms with Gasteiger partial charge in [-0.2, -0.15) is 0 Å². The molecule has 0 atom stereocenters. The third-order valence-corrected chi connectivity index (χ3v) is 4.93. The highest BCUT2D eigenvalue weighted by molar-refractivity contribution is 5.79. The van der Waals surface area contributed by atoms with E-state index in [0.717, 1.165) is 28.0 Å². The van der Waals surface area contributed by atoms with E-state index in [2.05, 4.69) is 45.2 Å². The molecule has 3 aromatic carbocycles. The standard InChI is InChI=1S/C24H23N3O/c1-18-26-22-9-5-6-10-23(22)27(18)16-15-25-24(28)17-19-11-13-21(14-12-19)20-7-3-2-4-8-20/h2-14H,15-17H2,1H3,(H,25,28). The van der Waals surface area contributed by atoms with E-state index in [1.165, 1.54) is 5.56 Å². The SMILES string of the molecule is Cc1nc2ccccc2n1CCNC(=O)Cc1ccc(-c2ccccc2)cc1. The highest BCUT2D eigenvalue weighted by Crippen LogP contribution is 2.19. The minimum Gasteiger partial charge on any atom is -0.354 e. The Labute approximate surface area is 164 Å². The number of nitrogens with zero attached hydrogens (tertiary/aromatic N) is 2. The summed E-state index contributed by atoms with van der Waals surface area (Å²) in [7, 11) is 0. The average Bonchev–Trinajstić information content (AvgIpc) is 3.04. The first-order valence-corrected chi connectivity index (χ1v) is 9.53. The normalized spacial score (nSPS) is 10.9. The van der Waals surface area contributed by atoms with Gasteiger partial charge in [-0.3, -0.25) is 4.79 Å². The van der Waals surface area contributed by atoms with Crippen LogP contribution >= 0.6 is 0 Å². The van der Waals surface area contributed by atoms with Crippen LogP contribution in [-0.2, 0) is 17.8 Å². The third kappa shape index (κ3) is 3.96. The Bertz CT molecular complexity index is 1080. The maximum atomic E-state index is 12.3. The molecule has 0 saturated carbocycles. The molecule has 4 heteroatoms. The molecule has 0 aliphatic rings. The van der Waals surface area contributed by atoms with Crippen molar-refractivity contribution in [3.63, 3.8) is 0 Å². The number of fused-ring (bicyclic) bond motifs is 1. The van der Waals surface area contributed by atoms with Crippen LogP contribution in [0.15, 0.2) is 78.9 Å². The predicted octanol–water partition coefficient (Wildman–Crippen LogP) is 4.37. The van der Waals surface area contributed by atoms with Crippen LogP contribution in [0.1, 0.15) is 11.4 Å². The molecule has 0 saturated heterocycles.